The Morgan fingerprint density at radius 3 is 3.33 bits per heavy atom. The monoisotopic (exact) mass is 209 g/mol. The average Bonchev–Trinajstić information content (AvgIpc) is 2.87. The van der Waals surface area contributed by atoms with E-state index in [-0.39, 0.29) is 0 Å². The summed E-state index contributed by atoms with van der Waals surface area (Å²) in [6, 6.07) is 0. The highest BCUT2D eigenvalue weighted by molar-refractivity contribution is 4.98. The summed E-state index contributed by atoms with van der Waals surface area (Å²) in [5, 5.41) is 3.32. The van der Waals surface area contributed by atoms with Crippen LogP contribution in [0.3, 0.4) is 0 Å². The molecule has 1 aliphatic rings. The Morgan fingerprint density at radius 2 is 2.60 bits per heavy atom. The maximum absolute atomic E-state index is 5.38. The molecule has 2 heterocycles. The van der Waals surface area contributed by atoms with Crippen LogP contribution in [0.5, 0.6) is 0 Å². The first-order valence-electron chi connectivity index (χ1n) is 5.67. The smallest absolute Gasteiger partial charge is 0.0948 e. The number of nitrogens with one attached hydrogen (secondary N) is 1. The molecule has 1 unspecified atom stereocenters. The highest BCUT2D eigenvalue weighted by Gasteiger charge is 2.16. The van der Waals surface area contributed by atoms with Gasteiger partial charge in [-0.2, -0.15) is 0 Å². The van der Waals surface area contributed by atoms with Crippen molar-refractivity contribution in [3.8, 4) is 0 Å². The molecule has 1 atom stereocenters. The molecule has 1 aliphatic heterocycles. The fourth-order valence-electron chi connectivity index (χ4n) is 1.92. The van der Waals surface area contributed by atoms with Gasteiger partial charge in [0.05, 0.1) is 18.6 Å². The fourth-order valence-corrected chi connectivity index (χ4v) is 1.92. The molecule has 1 aromatic heterocycles. The predicted octanol–water partition coefficient (Wildman–Crippen LogP) is 1.03. The molecule has 0 radical (unpaired) electrons. The maximum Gasteiger partial charge on any atom is 0.0948 e. The van der Waals surface area contributed by atoms with Crippen LogP contribution < -0.4 is 5.32 Å². The van der Waals surface area contributed by atoms with Crippen molar-refractivity contribution in [1.29, 1.82) is 0 Å². The van der Waals surface area contributed by atoms with Gasteiger partial charge < -0.3 is 14.6 Å². The van der Waals surface area contributed by atoms with Gasteiger partial charge in [-0.3, -0.25) is 0 Å². The standard InChI is InChI=1S/C11H19N3O/c1-2-12-5-11-6-13-9-14(11)7-10-3-4-15-8-10/h6,9-10,12H,2-5,7-8H2,1H3. The number of ether oxygens (including phenoxy) is 1. The number of rotatable bonds is 5. The fraction of sp³-hybridized carbons (Fsp3) is 0.727. The molecule has 0 spiro atoms. The summed E-state index contributed by atoms with van der Waals surface area (Å²) in [6.45, 7) is 6.88. The molecule has 15 heavy (non-hydrogen) atoms. The van der Waals surface area contributed by atoms with Gasteiger partial charge >= 0.3 is 0 Å². The van der Waals surface area contributed by atoms with Crippen molar-refractivity contribution in [2.24, 2.45) is 5.92 Å². The second kappa shape index (κ2) is 5.28. The van der Waals surface area contributed by atoms with E-state index in [0.717, 1.165) is 32.8 Å². The van der Waals surface area contributed by atoms with Gasteiger partial charge in [0.1, 0.15) is 0 Å². The van der Waals surface area contributed by atoms with Crippen molar-refractivity contribution in [2.75, 3.05) is 19.8 Å². The van der Waals surface area contributed by atoms with Crippen molar-refractivity contribution < 1.29 is 4.74 Å². The van der Waals surface area contributed by atoms with Crippen LogP contribution in [-0.4, -0.2) is 29.3 Å². The molecule has 2 rings (SSSR count). The summed E-state index contributed by atoms with van der Waals surface area (Å²) in [5.41, 5.74) is 1.27. The summed E-state index contributed by atoms with van der Waals surface area (Å²) in [4.78, 5) is 4.20. The average molecular weight is 209 g/mol. The Kier molecular flexibility index (Phi) is 3.75. The van der Waals surface area contributed by atoms with Gasteiger partial charge in [0.25, 0.3) is 0 Å². The lowest BCUT2D eigenvalue weighted by molar-refractivity contribution is 0.182. The summed E-state index contributed by atoms with van der Waals surface area (Å²) < 4.78 is 7.62. The van der Waals surface area contributed by atoms with Crippen molar-refractivity contribution in [2.45, 2.75) is 26.4 Å². The number of hydrogen-bond donors (Lipinski definition) is 1. The van der Waals surface area contributed by atoms with Crippen molar-refractivity contribution in [3.05, 3.63) is 18.2 Å². The molecule has 1 saturated heterocycles. The van der Waals surface area contributed by atoms with Gasteiger partial charge in [0.15, 0.2) is 0 Å². The Bertz CT molecular complexity index is 292. The normalized spacial score (nSPS) is 21.0. The van der Waals surface area contributed by atoms with Crippen LogP contribution in [-0.2, 0) is 17.8 Å². The van der Waals surface area contributed by atoms with E-state index in [1.807, 2.05) is 12.5 Å². The molecule has 4 heteroatoms. The zero-order valence-corrected chi connectivity index (χ0v) is 9.28. The highest BCUT2D eigenvalue weighted by Crippen LogP contribution is 2.15. The minimum absolute atomic E-state index is 0.666. The number of nitrogens with zero attached hydrogens (tertiary/aromatic N) is 2. The lowest BCUT2D eigenvalue weighted by Gasteiger charge is -2.12. The zero-order chi connectivity index (χ0) is 10.5. The lowest BCUT2D eigenvalue weighted by atomic mass is 10.1. The van der Waals surface area contributed by atoms with Gasteiger partial charge in [-0.05, 0) is 13.0 Å². The Labute approximate surface area is 90.6 Å². The van der Waals surface area contributed by atoms with Crippen LogP contribution in [0, 0.1) is 5.92 Å². The second-order valence-corrected chi connectivity index (χ2v) is 4.05. The zero-order valence-electron chi connectivity index (χ0n) is 9.28. The third kappa shape index (κ3) is 2.79. The third-order valence-corrected chi connectivity index (χ3v) is 2.83. The van der Waals surface area contributed by atoms with Crippen LogP contribution in [0.15, 0.2) is 12.5 Å². The molecule has 1 N–H and O–H groups in total. The van der Waals surface area contributed by atoms with Crippen LogP contribution in [0.25, 0.3) is 0 Å². The van der Waals surface area contributed by atoms with Gasteiger partial charge in [0, 0.05) is 31.8 Å². The first-order chi connectivity index (χ1) is 7.40. The number of aromatic nitrogens is 2. The van der Waals surface area contributed by atoms with E-state index in [9.17, 15) is 0 Å². The molecular weight excluding hydrogens is 190 g/mol. The maximum atomic E-state index is 5.38. The first kappa shape index (κ1) is 10.6. The SMILES string of the molecule is CCNCc1cncn1CC1CCOC1. The topological polar surface area (TPSA) is 39.1 Å². The van der Waals surface area contributed by atoms with Crippen LogP contribution in [0.4, 0.5) is 0 Å². The van der Waals surface area contributed by atoms with E-state index >= 15 is 0 Å². The summed E-state index contributed by atoms with van der Waals surface area (Å²) in [7, 11) is 0. The molecule has 0 amide bonds. The predicted molar refractivity (Wildman–Crippen MR) is 58.5 cm³/mol. The summed E-state index contributed by atoms with van der Waals surface area (Å²) in [6.07, 6.45) is 5.04. The molecular formula is C11H19N3O. The van der Waals surface area contributed by atoms with Crippen molar-refractivity contribution in [1.82, 2.24) is 14.9 Å². The van der Waals surface area contributed by atoms with E-state index in [0.29, 0.717) is 5.92 Å². The number of imidazole rings is 1. The quantitative estimate of drug-likeness (QED) is 0.787. The van der Waals surface area contributed by atoms with E-state index in [1.165, 1.54) is 12.1 Å². The molecule has 0 saturated carbocycles. The third-order valence-electron chi connectivity index (χ3n) is 2.83. The van der Waals surface area contributed by atoms with Gasteiger partial charge in [-0.1, -0.05) is 6.92 Å². The van der Waals surface area contributed by atoms with Crippen molar-refractivity contribution in [3.63, 3.8) is 0 Å². The Morgan fingerprint density at radius 1 is 1.67 bits per heavy atom. The Hall–Kier alpha value is -0.870. The van der Waals surface area contributed by atoms with Crippen LogP contribution >= 0.6 is 0 Å². The minimum atomic E-state index is 0.666. The van der Waals surface area contributed by atoms with E-state index in [2.05, 4.69) is 21.8 Å². The first-order valence-corrected chi connectivity index (χ1v) is 5.67. The molecule has 1 aromatic rings. The van der Waals surface area contributed by atoms with E-state index in [1.54, 1.807) is 0 Å². The highest BCUT2D eigenvalue weighted by atomic mass is 16.5. The minimum Gasteiger partial charge on any atom is -0.381 e. The number of hydrogen-bond acceptors (Lipinski definition) is 3. The molecule has 0 aromatic carbocycles. The molecule has 84 valence electrons. The van der Waals surface area contributed by atoms with Gasteiger partial charge in [-0.15, -0.1) is 0 Å². The lowest BCUT2D eigenvalue weighted by Crippen LogP contribution is -2.18. The Balaban J connectivity index is 1.91. The van der Waals surface area contributed by atoms with Gasteiger partial charge in [-0.25, -0.2) is 4.98 Å². The van der Waals surface area contributed by atoms with Gasteiger partial charge in [0.2, 0.25) is 0 Å². The van der Waals surface area contributed by atoms with E-state index in [4.69, 9.17) is 4.74 Å². The molecule has 0 aliphatic carbocycles. The molecule has 0 bridgehead atoms. The summed E-state index contributed by atoms with van der Waals surface area (Å²) >= 11 is 0. The van der Waals surface area contributed by atoms with Crippen LogP contribution in [0.1, 0.15) is 19.0 Å². The van der Waals surface area contributed by atoms with E-state index < -0.39 is 0 Å². The largest absolute Gasteiger partial charge is 0.381 e. The second-order valence-electron chi connectivity index (χ2n) is 4.05. The van der Waals surface area contributed by atoms with Crippen molar-refractivity contribution >= 4 is 0 Å². The molecule has 1 fully saturated rings. The molecule has 4 nitrogen and oxygen atoms in total. The summed E-state index contributed by atoms with van der Waals surface area (Å²) in [5.74, 6) is 0.666. The van der Waals surface area contributed by atoms with Crippen LogP contribution in [0.2, 0.25) is 0 Å².